The van der Waals surface area contributed by atoms with Crippen molar-refractivity contribution in [3.63, 3.8) is 0 Å². The van der Waals surface area contributed by atoms with Gasteiger partial charge in [0.1, 0.15) is 12.6 Å². The van der Waals surface area contributed by atoms with Crippen molar-refractivity contribution in [1.82, 2.24) is 20.9 Å². The lowest BCUT2D eigenvalue weighted by molar-refractivity contribution is -0.150. The highest BCUT2D eigenvalue weighted by atomic mass is 16.2. The van der Waals surface area contributed by atoms with Gasteiger partial charge in [-0.05, 0) is 13.8 Å². The van der Waals surface area contributed by atoms with Gasteiger partial charge >= 0.3 is 0 Å². The first-order chi connectivity index (χ1) is 8.49. The molecule has 2 rings (SSSR count). The molecule has 0 aromatic heterocycles. The molecule has 0 radical (unpaired) electrons. The van der Waals surface area contributed by atoms with E-state index in [0.29, 0.717) is 19.1 Å². The zero-order valence-electron chi connectivity index (χ0n) is 10.5. The summed E-state index contributed by atoms with van der Waals surface area (Å²) in [5.41, 5.74) is 0. The van der Waals surface area contributed by atoms with Crippen molar-refractivity contribution >= 4 is 17.7 Å². The van der Waals surface area contributed by atoms with Crippen LogP contribution in [-0.2, 0) is 14.4 Å². The highest BCUT2D eigenvalue weighted by Gasteiger charge is 2.37. The van der Waals surface area contributed by atoms with Crippen LogP contribution in [0.5, 0.6) is 0 Å². The Morgan fingerprint density at radius 3 is 2.56 bits per heavy atom. The van der Waals surface area contributed by atoms with Gasteiger partial charge in [-0.1, -0.05) is 0 Å². The van der Waals surface area contributed by atoms with Gasteiger partial charge in [-0.15, -0.1) is 0 Å². The summed E-state index contributed by atoms with van der Waals surface area (Å²) in [4.78, 5) is 36.4. The second-order valence-corrected chi connectivity index (χ2v) is 4.82. The summed E-state index contributed by atoms with van der Waals surface area (Å²) in [5, 5.41) is 8.53. The van der Waals surface area contributed by atoms with Gasteiger partial charge in [-0.2, -0.15) is 0 Å². The summed E-state index contributed by atoms with van der Waals surface area (Å²) < 4.78 is 0. The van der Waals surface area contributed by atoms with E-state index in [9.17, 15) is 14.4 Å². The van der Waals surface area contributed by atoms with Crippen LogP contribution in [0, 0.1) is 0 Å². The molecule has 2 heterocycles. The summed E-state index contributed by atoms with van der Waals surface area (Å²) >= 11 is 0. The third-order valence-corrected chi connectivity index (χ3v) is 3.35. The molecule has 2 fully saturated rings. The molecule has 0 aliphatic carbocycles. The monoisotopic (exact) mass is 254 g/mol. The van der Waals surface area contributed by atoms with Gasteiger partial charge in [0.05, 0.1) is 6.04 Å². The molecule has 0 spiro atoms. The second-order valence-electron chi connectivity index (χ2n) is 4.82. The van der Waals surface area contributed by atoms with Crippen LogP contribution in [-0.4, -0.2) is 60.4 Å². The molecule has 2 aliphatic rings. The van der Waals surface area contributed by atoms with Crippen LogP contribution in [0.4, 0.5) is 0 Å². The molecular weight excluding hydrogens is 236 g/mol. The number of carbonyl (C=O) groups is 3. The maximum atomic E-state index is 12.3. The van der Waals surface area contributed by atoms with Crippen LogP contribution in [0.3, 0.4) is 0 Å². The largest absolute Gasteiger partial charge is 0.320 e. The van der Waals surface area contributed by atoms with Crippen molar-refractivity contribution in [3.05, 3.63) is 0 Å². The Balaban J connectivity index is 2.03. The van der Waals surface area contributed by atoms with Crippen molar-refractivity contribution in [2.45, 2.75) is 32.0 Å². The van der Waals surface area contributed by atoms with E-state index in [2.05, 4.69) is 16.0 Å². The quantitative estimate of drug-likeness (QED) is 0.462. The fourth-order valence-electron chi connectivity index (χ4n) is 2.14. The molecule has 0 saturated carbocycles. The van der Waals surface area contributed by atoms with E-state index >= 15 is 0 Å². The Hall–Kier alpha value is -1.47. The molecular formula is C11H18N4O3. The maximum absolute atomic E-state index is 12.3. The normalized spacial score (nSPS) is 33.2. The third-order valence-electron chi connectivity index (χ3n) is 3.35. The zero-order chi connectivity index (χ0) is 13.3. The van der Waals surface area contributed by atoms with Crippen molar-refractivity contribution in [2.24, 2.45) is 0 Å². The number of rotatable bonds is 1. The number of nitrogens with one attached hydrogen (secondary N) is 3. The minimum absolute atomic E-state index is 0.0561. The number of piperazine rings is 2. The molecule has 0 bridgehead atoms. The third kappa shape index (κ3) is 2.51. The Morgan fingerprint density at radius 1 is 1.22 bits per heavy atom. The predicted molar refractivity (Wildman–Crippen MR) is 63.6 cm³/mol. The van der Waals surface area contributed by atoms with E-state index < -0.39 is 17.9 Å². The lowest BCUT2D eigenvalue weighted by atomic mass is 10.1. The summed E-state index contributed by atoms with van der Waals surface area (Å²) in [5.74, 6) is -1.05. The van der Waals surface area contributed by atoms with Crippen LogP contribution in [0.15, 0.2) is 0 Å². The standard InChI is InChI=1S/C11H18N4O3/c1-6-3-13-8(4-12-6)11(18)15-5-9(16)14-10(17)7(15)2/h6-8,12-13H,3-5H2,1-2H3,(H,14,16,17). The fraction of sp³-hybridized carbons (Fsp3) is 0.727. The Morgan fingerprint density at radius 2 is 1.94 bits per heavy atom. The summed E-state index contributed by atoms with van der Waals surface area (Å²) in [6.45, 7) is 4.80. The van der Waals surface area contributed by atoms with E-state index in [1.54, 1.807) is 6.92 Å². The predicted octanol–water partition coefficient (Wildman–Crippen LogP) is -2.19. The SMILES string of the molecule is CC1CNC(C(=O)N2CC(=O)NC(=O)C2C)CN1. The van der Waals surface area contributed by atoms with E-state index in [4.69, 9.17) is 0 Å². The molecule has 3 unspecified atom stereocenters. The number of imide groups is 1. The van der Waals surface area contributed by atoms with E-state index in [0.717, 1.165) is 0 Å². The van der Waals surface area contributed by atoms with Gasteiger partial charge in [0.25, 0.3) is 0 Å². The summed E-state index contributed by atoms with van der Waals surface area (Å²) in [6.07, 6.45) is 0. The maximum Gasteiger partial charge on any atom is 0.249 e. The molecule has 0 aromatic rings. The molecule has 100 valence electrons. The van der Waals surface area contributed by atoms with Crippen molar-refractivity contribution < 1.29 is 14.4 Å². The van der Waals surface area contributed by atoms with Crippen LogP contribution in [0.25, 0.3) is 0 Å². The minimum Gasteiger partial charge on any atom is -0.320 e. The second kappa shape index (κ2) is 5.03. The van der Waals surface area contributed by atoms with Gasteiger partial charge in [0, 0.05) is 19.1 Å². The first kappa shape index (κ1) is 13.0. The number of hydrogen-bond acceptors (Lipinski definition) is 5. The molecule has 2 saturated heterocycles. The lowest BCUT2D eigenvalue weighted by Crippen LogP contribution is -2.65. The molecule has 3 atom stereocenters. The first-order valence-corrected chi connectivity index (χ1v) is 6.10. The molecule has 7 heteroatoms. The van der Waals surface area contributed by atoms with Crippen LogP contribution in [0.1, 0.15) is 13.8 Å². The molecule has 3 amide bonds. The van der Waals surface area contributed by atoms with Gasteiger partial charge in [-0.25, -0.2) is 0 Å². The lowest BCUT2D eigenvalue weighted by Gasteiger charge is -2.36. The fourth-order valence-corrected chi connectivity index (χ4v) is 2.14. The number of hydrogen-bond donors (Lipinski definition) is 3. The average Bonchev–Trinajstić information content (AvgIpc) is 2.34. The van der Waals surface area contributed by atoms with Crippen LogP contribution < -0.4 is 16.0 Å². The summed E-state index contributed by atoms with van der Waals surface area (Å²) in [6, 6.07) is -0.656. The first-order valence-electron chi connectivity index (χ1n) is 6.10. The zero-order valence-corrected chi connectivity index (χ0v) is 10.5. The van der Waals surface area contributed by atoms with Gasteiger partial charge in [0.2, 0.25) is 17.7 Å². The van der Waals surface area contributed by atoms with Gasteiger partial charge in [-0.3, -0.25) is 19.7 Å². The van der Waals surface area contributed by atoms with E-state index in [1.165, 1.54) is 4.90 Å². The molecule has 2 aliphatic heterocycles. The van der Waals surface area contributed by atoms with Crippen molar-refractivity contribution in [1.29, 1.82) is 0 Å². The molecule has 0 aromatic carbocycles. The van der Waals surface area contributed by atoms with Crippen molar-refractivity contribution in [3.8, 4) is 0 Å². The smallest absolute Gasteiger partial charge is 0.249 e. The Labute approximate surface area is 105 Å². The molecule has 7 nitrogen and oxygen atoms in total. The highest BCUT2D eigenvalue weighted by Crippen LogP contribution is 2.08. The number of amides is 3. The van der Waals surface area contributed by atoms with Crippen LogP contribution >= 0.6 is 0 Å². The number of nitrogens with zero attached hydrogens (tertiary/aromatic N) is 1. The van der Waals surface area contributed by atoms with Crippen LogP contribution in [0.2, 0.25) is 0 Å². The topological polar surface area (TPSA) is 90.5 Å². The Kier molecular flexibility index (Phi) is 3.63. The van der Waals surface area contributed by atoms with Crippen molar-refractivity contribution in [2.75, 3.05) is 19.6 Å². The Bertz CT molecular complexity index is 376. The van der Waals surface area contributed by atoms with Gasteiger partial charge in [0.15, 0.2) is 0 Å². The minimum atomic E-state index is -0.601. The van der Waals surface area contributed by atoms with E-state index in [1.807, 2.05) is 6.92 Å². The molecule has 3 N–H and O–H groups in total. The highest BCUT2D eigenvalue weighted by molar-refractivity contribution is 6.04. The number of carbonyl (C=O) groups excluding carboxylic acids is 3. The molecule has 18 heavy (non-hydrogen) atoms. The van der Waals surface area contributed by atoms with E-state index in [-0.39, 0.29) is 18.5 Å². The average molecular weight is 254 g/mol. The summed E-state index contributed by atoms with van der Waals surface area (Å²) in [7, 11) is 0. The van der Waals surface area contributed by atoms with Gasteiger partial charge < -0.3 is 15.5 Å².